The van der Waals surface area contributed by atoms with Crippen LogP contribution in [0.1, 0.15) is 47.6 Å². The van der Waals surface area contributed by atoms with Crippen LogP contribution in [0.2, 0.25) is 0 Å². The molecule has 0 radical (unpaired) electrons. The number of nitriles is 1. The molecule has 108 valence electrons. The minimum Gasteiger partial charge on any atom is -0.389 e. The third-order valence-electron chi connectivity index (χ3n) is 4.20. The Morgan fingerprint density at radius 1 is 1.43 bits per heavy atom. The predicted molar refractivity (Wildman–Crippen MR) is 85.6 cm³/mol. The van der Waals surface area contributed by atoms with Gasteiger partial charge in [0.25, 0.3) is 0 Å². The van der Waals surface area contributed by atoms with E-state index in [1.165, 1.54) is 10.4 Å². The highest BCUT2D eigenvalue weighted by atomic mass is 32.1. The van der Waals surface area contributed by atoms with Gasteiger partial charge in [-0.25, -0.2) is 0 Å². The molecule has 2 aromatic rings. The van der Waals surface area contributed by atoms with E-state index < -0.39 is 6.10 Å². The second-order valence-electron chi connectivity index (χ2n) is 5.48. The molecular weight excluding hydrogens is 280 g/mol. The van der Waals surface area contributed by atoms with E-state index in [-0.39, 0.29) is 6.04 Å². The van der Waals surface area contributed by atoms with Gasteiger partial charge in [0.2, 0.25) is 0 Å². The van der Waals surface area contributed by atoms with Crippen molar-refractivity contribution < 1.29 is 5.11 Å². The third-order valence-corrected chi connectivity index (χ3v) is 5.19. The average Bonchev–Trinajstić information content (AvgIpc) is 2.96. The van der Waals surface area contributed by atoms with Crippen LogP contribution in [0.25, 0.3) is 0 Å². The van der Waals surface area contributed by atoms with Crippen LogP contribution in [0.4, 0.5) is 5.69 Å². The van der Waals surface area contributed by atoms with Crippen LogP contribution in [-0.2, 0) is 6.42 Å². The molecule has 3 rings (SSSR count). The van der Waals surface area contributed by atoms with Gasteiger partial charge in [0.05, 0.1) is 23.8 Å². The van der Waals surface area contributed by atoms with Crippen molar-refractivity contribution in [3.63, 3.8) is 0 Å². The molecule has 1 aromatic carbocycles. The van der Waals surface area contributed by atoms with Crippen LogP contribution in [-0.4, -0.2) is 11.7 Å². The maximum atomic E-state index is 10.0. The van der Waals surface area contributed by atoms with Crippen molar-refractivity contribution in [3.05, 3.63) is 51.2 Å². The number of anilines is 1. The summed E-state index contributed by atoms with van der Waals surface area (Å²) in [4.78, 5) is 3.76. The number of fused-ring (bicyclic) bond motifs is 1. The summed E-state index contributed by atoms with van der Waals surface area (Å²) in [5.41, 5.74) is 3.87. The predicted octanol–water partition coefficient (Wildman–Crippen LogP) is 3.80. The smallest absolute Gasteiger partial charge is 0.0992 e. The second-order valence-corrected chi connectivity index (χ2v) is 6.48. The Balaban J connectivity index is 2.06. The molecule has 0 spiro atoms. The average molecular weight is 298 g/mol. The van der Waals surface area contributed by atoms with E-state index in [0.717, 1.165) is 24.2 Å². The molecule has 2 heterocycles. The number of hydrogen-bond acceptors (Lipinski definition) is 4. The van der Waals surface area contributed by atoms with Crippen LogP contribution in [0.5, 0.6) is 0 Å². The first-order valence-electron chi connectivity index (χ1n) is 7.17. The van der Waals surface area contributed by atoms with E-state index >= 15 is 0 Å². The first-order chi connectivity index (χ1) is 10.1. The Kier molecular flexibility index (Phi) is 3.71. The Morgan fingerprint density at radius 2 is 2.24 bits per heavy atom. The highest BCUT2D eigenvalue weighted by Crippen LogP contribution is 2.39. The molecule has 0 fully saturated rings. The summed E-state index contributed by atoms with van der Waals surface area (Å²) in [6, 6.07) is 10.2. The molecule has 0 amide bonds. The van der Waals surface area contributed by atoms with E-state index in [1.54, 1.807) is 13.0 Å². The quantitative estimate of drug-likeness (QED) is 0.917. The number of rotatable bonds is 2. The maximum Gasteiger partial charge on any atom is 0.0992 e. The van der Waals surface area contributed by atoms with Crippen LogP contribution in [0.3, 0.4) is 0 Å². The molecular formula is C17H18N2OS. The van der Waals surface area contributed by atoms with Crippen molar-refractivity contribution in [2.75, 3.05) is 11.4 Å². The Labute approximate surface area is 129 Å². The fourth-order valence-corrected chi connectivity index (χ4v) is 4.02. The number of aliphatic hydroxyl groups is 1. The molecule has 1 aliphatic heterocycles. The summed E-state index contributed by atoms with van der Waals surface area (Å²) in [7, 11) is 0. The fraction of sp³-hybridized carbons (Fsp3) is 0.353. The van der Waals surface area contributed by atoms with Crippen molar-refractivity contribution in [3.8, 4) is 6.07 Å². The molecule has 1 aliphatic rings. The van der Waals surface area contributed by atoms with E-state index in [0.29, 0.717) is 5.56 Å². The van der Waals surface area contributed by atoms with E-state index in [2.05, 4.69) is 29.3 Å². The summed E-state index contributed by atoms with van der Waals surface area (Å²) in [6.07, 6.45) is 0.483. The molecule has 0 aliphatic carbocycles. The Morgan fingerprint density at radius 3 is 2.95 bits per heavy atom. The van der Waals surface area contributed by atoms with Crippen molar-refractivity contribution in [1.29, 1.82) is 5.26 Å². The van der Waals surface area contributed by atoms with Crippen molar-refractivity contribution in [1.82, 2.24) is 0 Å². The molecule has 1 unspecified atom stereocenters. The van der Waals surface area contributed by atoms with Gasteiger partial charge in [0, 0.05) is 22.7 Å². The lowest BCUT2D eigenvalue weighted by molar-refractivity contribution is 0.199. The van der Waals surface area contributed by atoms with Gasteiger partial charge >= 0.3 is 0 Å². The summed E-state index contributed by atoms with van der Waals surface area (Å²) in [5, 5.41) is 21.3. The third kappa shape index (κ3) is 2.44. The molecule has 0 saturated heterocycles. The zero-order chi connectivity index (χ0) is 15.0. The lowest BCUT2D eigenvalue weighted by Gasteiger charge is -2.37. The molecule has 2 atom stereocenters. The second kappa shape index (κ2) is 5.51. The van der Waals surface area contributed by atoms with Gasteiger partial charge in [-0.05, 0) is 49.4 Å². The highest BCUT2D eigenvalue weighted by molar-refractivity contribution is 7.10. The van der Waals surface area contributed by atoms with Gasteiger partial charge in [-0.2, -0.15) is 5.26 Å². The molecule has 1 aromatic heterocycles. The van der Waals surface area contributed by atoms with Gasteiger partial charge in [-0.15, -0.1) is 11.3 Å². The lowest BCUT2D eigenvalue weighted by atomic mass is 9.97. The molecule has 4 heteroatoms. The minimum absolute atomic E-state index is 0.270. The Hall–Kier alpha value is -1.83. The first kappa shape index (κ1) is 14.1. The summed E-state index contributed by atoms with van der Waals surface area (Å²) in [6.45, 7) is 4.88. The van der Waals surface area contributed by atoms with Gasteiger partial charge in [0.1, 0.15) is 0 Å². The summed E-state index contributed by atoms with van der Waals surface area (Å²) < 4.78 is 0. The molecule has 0 saturated carbocycles. The fourth-order valence-electron chi connectivity index (χ4n) is 3.05. The van der Waals surface area contributed by atoms with Gasteiger partial charge in [0.15, 0.2) is 0 Å². The highest BCUT2D eigenvalue weighted by Gasteiger charge is 2.27. The monoisotopic (exact) mass is 298 g/mol. The number of hydrogen-bond donors (Lipinski definition) is 1. The van der Waals surface area contributed by atoms with Crippen LogP contribution in [0, 0.1) is 11.3 Å². The molecule has 1 N–H and O–H groups in total. The topological polar surface area (TPSA) is 47.3 Å². The molecule has 3 nitrogen and oxygen atoms in total. The van der Waals surface area contributed by atoms with Crippen LogP contribution < -0.4 is 4.90 Å². The van der Waals surface area contributed by atoms with E-state index in [4.69, 9.17) is 5.26 Å². The summed E-state index contributed by atoms with van der Waals surface area (Å²) >= 11 is 1.82. The van der Waals surface area contributed by atoms with Crippen LogP contribution >= 0.6 is 11.3 Å². The molecule has 21 heavy (non-hydrogen) atoms. The van der Waals surface area contributed by atoms with Crippen LogP contribution in [0.15, 0.2) is 29.6 Å². The van der Waals surface area contributed by atoms with E-state index in [9.17, 15) is 5.11 Å². The normalized spacial score (nSPS) is 19.0. The van der Waals surface area contributed by atoms with Crippen molar-refractivity contribution >= 4 is 17.0 Å². The maximum absolute atomic E-state index is 10.0. The van der Waals surface area contributed by atoms with Gasteiger partial charge in [-0.3, -0.25) is 0 Å². The standard InChI is InChI=1S/C17H18N2OS/c1-11-14-6-8-21-17(14)5-7-19(11)16-9-13(10-18)3-4-15(16)12(2)20/h3-4,6,8-9,11-12,20H,5,7H2,1-2H3/t11?,12-/m0/s1. The number of aliphatic hydroxyl groups excluding tert-OH is 1. The van der Waals surface area contributed by atoms with E-state index in [1.807, 2.05) is 23.5 Å². The number of thiophene rings is 1. The number of benzene rings is 1. The zero-order valence-corrected chi connectivity index (χ0v) is 13.0. The lowest BCUT2D eigenvalue weighted by Crippen LogP contribution is -2.34. The first-order valence-corrected chi connectivity index (χ1v) is 8.04. The number of nitrogens with zero attached hydrogens (tertiary/aromatic N) is 2. The van der Waals surface area contributed by atoms with Gasteiger partial charge < -0.3 is 10.0 Å². The Bertz CT molecular complexity index is 699. The molecule has 0 bridgehead atoms. The zero-order valence-electron chi connectivity index (χ0n) is 12.2. The van der Waals surface area contributed by atoms with Crippen molar-refractivity contribution in [2.24, 2.45) is 0 Å². The van der Waals surface area contributed by atoms with Gasteiger partial charge in [-0.1, -0.05) is 6.07 Å². The largest absolute Gasteiger partial charge is 0.389 e. The summed E-state index contributed by atoms with van der Waals surface area (Å²) in [5.74, 6) is 0. The minimum atomic E-state index is -0.538. The SMILES string of the molecule is CC1c2ccsc2CCN1c1cc(C#N)ccc1[C@H](C)O. The van der Waals surface area contributed by atoms with Crippen molar-refractivity contribution in [2.45, 2.75) is 32.4 Å².